The topological polar surface area (TPSA) is 26.7 Å². The largest absolute Gasteiger partial charge is 0.395 e. The van der Waals surface area contributed by atoms with Crippen LogP contribution in [0.15, 0.2) is 12.3 Å². The lowest BCUT2D eigenvalue weighted by Gasteiger charge is -2.14. The quantitative estimate of drug-likeness (QED) is 0.348. The summed E-state index contributed by atoms with van der Waals surface area (Å²) in [4.78, 5) is 4.66. The molecule has 1 aliphatic rings. The highest BCUT2D eigenvalue weighted by Crippen LogP contribution is 2.13. The Morgan fingerprint density at radius 2 is 1.32 bits per heavy atom. The van der Waals surface area contributed by atoms with Crippen LogP contribution >= 0.6 is 0 Å². The third kappa shape index (κ3) is 13.3. The number of aliphatic hydroxyl groups excluding tert-OH is 1. The van der Waals surface area contributed by atoms with E-state index in [1.54, 1.807) is 0 Å². The highest BCUT2D eigenvalue weighted by molar-refractivity contribution is 4.86. The zero-order valence-corrected chi connectivity index (χ0v) is 16.9. The molecule has 3 nitrogen and oxygen atoms in total. The van der Waals surface area contributed by atoms with Crippen LogP contribution in [0.5, 0.6) is 0 Å². The van der Waals surface area contributed by atoms with E-state index in [4.69, 9.17) is 5.11 Å². The van der Waals surface area contributed by atoms with Crippen molar-refractivity contribution in [2.24, 2.45) is 0 Å². The summed E-state index contributed by atoms with van der Waals surface area (Å²) in [5, 5.41) is 8.95. The van der Waals surface area contributed by atoms with Gasteiger partial charge in [-0.2, -0.15) is 0 Å². The molecule has 25 heavy (non-hydrogen) atoms. The van der Waals surface area contributed by atoms with E-state index in [0.29, 0.717) is 0 Å². The number of hydrogen-bond donors (Lipinski definition) is 1. The minimum Gasteiger partial charge on any atom is -0.395 e. The molecule has 1 N–H and O–H groups in total. The molecule has 0 bridgehead atoms. The predicted molar refractivity (Wildman–Crippen MR) is 110 cm³/mol. The molecule has 0 aromatic rings. The van der Waals surface area contributed by atoms with E-state index in [1.165, 1.54) is 89.9 Å². The minimum atomic E-state index is 0.274. The van der Waals surface area contributed by atoms with Gasteiger partial charge in [0.15, 0.2) is 0 Å². The van der Waals surface area contributed by atoms with Crippen molar-refractivity contribution in [3.05, 3.63) is 12.3 Å². The Bertz CT molecular complexity index is 306. The van der Waals surface area contributed by atoms with Crippen LogP contribution in [-0.4, -0.2) is 47.8 Å². The molecule has 0 radical (unpaired) electrons. The van der Waals surface area contributed by atoms with E-state index >= 15 is 0 Å². The molecule has 1 fully saturated rings. The minimum absolute atomic E-state index is 0.274. The van der Waals surface area contributed by atoms with Crippen LogP contribution in [0.2, 0.25) is 0 Å². The van der Waals surface area contributed by atoms with Crippen molar-refractivity contribution >= 4 is 0 Å². The van der Waals surface area contributed by atoms with Crippen molar-refractivity contribution in [2.45, 2.75) is 96.8 Å². The summed E-state index contributed by atoms with van der Waals surface area (Å²) >= 11 is 0. The molecular formula is C22H44N2O. The zero-order valence-electron chi connectivity index (χ0n) is 16.9. The first-order valence-electron chi connectivity index (χ1n) is 11.1. The van der Waals surface area contributed by atoms with Crippen molar-refractivity contribution in [3.8, 4) is 0 Å². The molecule has 0 unspecified atom stereocenters. The summed E-state index contributed by atoms with van der Waals surface area (Å²) < 4.78 is 0. The zero-order chi connectivity index (χ0) is 18.0. The SMILES string of the molecule is CCCCCCCCCCCCCCC/C=C\N1CCN(CCO)C1. The predicted octanol–water partition coefficient (Wildman–Crippen LogP) is 5.55. The normalized spacial score (nSPS) is 15.7. The van der Waals surface area contributed by atoms with Crippen LogP contribution in [0, 0.1) is 0 Å². The number of unbranched alkanes of at least 4 members (excludes halogenated alkanes) is 13. The summed E-state index contributed by atoms with van der Waals surface area (Å²) in [5.41, 5.74) is 0. The summed E-state index contributed by atoms with van der Waals surface area (Å²) in [5.74, 6) is 0. The molecule has 1 heterocycles. The Hall–Kier alpha value is -0.540. The van der Waals surface area contributed by atoms with E-state index in [1.807, 2.05) is 0 Å². The van der Waals surface area contributed by atoms with Crippen LogP contribution in [0.4, 0.5) is 0 Å². The monoisotopic (exact) mass is 352 g/mol. The van der Waals surface area contributed by atoms with Gasteiger partial charge in [-0.05, 0) is 19.0 Å². The molecule has 0 aromatic carbocycles. The van der Waals surface area contributed by atoms with Crippen molar-refractivity contribution < 1.29 is 5.11 Å². The molecule has 1 rings (SSSR count). The van der Waals surface area contributed by atoms with E-state index in [0.717, 1.165) is 26.3 Å². The molecular weight excluding hydrogens is 308 g/mol. The second kappa shape index (κ2) is 16.9. The maximum Gasteiger partial charge on any atom is 0.0703 e. The number of aliphatic hydroxyl groups is 1. The molecule has 0 amide bonds. The lowest BCUT2D eigenvalue weighted by molar-refractivity contribution is 0.206. The molecule has 0 atom stereocenters. The molecule has 0 aromatic heterocycles. The summed E-state index contributed by atoms with van der Waals surface area (Å²) in [6, 6.07) is 0. The fourth-order valence-electron chi connectivity index (χ4n) is 3.62. The highest BCUT2D eigenvalue weighted by atomic mass is 16.3. The first-order chi connectivity index (χ1) is 12.4. The second-order valence-electron chi connectivity index (χ2n) is 7.71. The molecule has 3 heteroatoms. The van der Waals surface area contributed by atoms with E-state index in [9.17, 15) is 0 Å². The average Bonchev–Trinajstić information content (AvgIpc) is 3.06. The molecule has 0 saturated carbocycles. The Balaban J connectivity index is 1.77. The lowest BCUT2D eigenvalue weighted by Crippen LogP contribution is -2.25. The molecule has 1 aliphatic heterocycles. The Morgan fingerprint density at radius 1 is 0.760 bits per heavy atom. The highest BCUT2D eigenvalue weighted by Gasteiger charge is 2.15. The van der Waals surface area contributed by atoms with Gasteiger partial charge in [0.05, 0.1) is 13.3 Å². The molecule has 148 valence electrons. The van der Waals surface area contributed by atoms with Gasteiger partial charge in [0.2, 0.25) is 0 Å². The van der Waals surface area contributed by atoms with Crippen molar-refractivity contribution in [1.29, 1.82) is 0 Å². The first-order valence-corrected chi connectivity index (χ1v) is 11.1. The van der Waals surface area contributed by atoms with E-state index < -0.39 is 0 Å². The Morgan fingerprint density at radius 3 is 1.88 bits per heavy atom. The Labute approximate surface area is 157 Å². The maximum atomic E-state index is 8.95. The second-order valence-corrected chi connectivity index (χ2v) is 7.71. The standard InChI is InChI=1S/C22H44N2O/c1-2-3-4-5-6-7-8-9-10-11-12-13-14-15-16-17-23-18-19-24(22-23)20-21-25/h16-17,25H,2-15,18-22H2,1H3/b17-16-. The van der Waals surface area contributed by atoms with Crippen LogP contribution < -0.4 is 0 Å². The summed E-state index contributed by atoms with van der Waals surface area (Å²) in [7, 11) is 0. The van der Waals surface area contributed by atoms with Crippen molar-refractivity contribution in [1.82, 2.24) is 9.80 Å². The molecule has 0 spiro atoms. The van der Waals surface area contributed by atoms with Crippen molar-refractivity contribution in [3.63, 3.8) is 0 Å². The van der Waals surface area contributed by atoms with Gasteiger partial charge in [0.1, 0.15) is 0 Å². The van der Waals surface area contributed by atoms with Gasteiger partial charge in [-0.1, -0.05) is 90.0 Å². The van der Waals surface area contributed by atoms with Gasteiger partial charge in [-0.15, -0.1) is 0 Å². The van der Waals surface area contributed by atoms with Crippen molar-refractivity contribution in [2.75, 3.05) is 32.9 Å². The number of allylic oxidation sites excluding steroid dienone is 1. The van der Waals surface area contributed by atoms with Gasteiger partial charge in [-0.3, -0.25) is 4.90 Å². The number of β-amino-alcohol motifs (C(OH)–C–C–N with tert-alkyl or cyclic N) is 1. The Kier molecular flexibility index (Phi) is 15.2. The number of nitrogens with zero attached hydrogens (tertiary/aromatic N) is 2. The van der Waals surface area contributed by atoms with E-state index in [-0.39, 0.29) is 6.61 Å². The van der Waals surface area contributed by atoms with Gasteiger partial charge < -0.3 is 10.0 Å². The summed E-state index contributed by atoms with van der Waals surface area (Å²) in [6.45, 7) is 6.55. The third-order valence-electron chi connectivity index (χ3n) is 5.29. The van der Waals surface area contributed by atoms with E-state index in [2.05, 4.69) is 29.0 Å². The summed E-state index contributed by atoms with van der Waals surface area (Å²) in [6.07, 6.45) is 24.3. The van der Waals surface area contributed by atoms with Crippen LogP contribution in [0.3, 0.4) is 0 Å². The van der Waals surface area contributed by atoms with Gasteiger partial charge in [0.25, 0.3) is 0 Å². The fraction of sp³-hybridized carbons (Fsp3) is 0.909. The van der Waals surface area contributed by atoms with Gasteiger partial charge in [-0.25, -0.2) is 0 Å². The van der Waals surface area contributed by atoms with Crippen LogP contribution in [0.25, 0.3) is 0 Å². The average molecular weight is 353 g/mol. The fourth-order valence-corrected chi connectivity index (χ4v) is 3.62. The molecule has 1 saturated heterocycles. The van der Waals surface area contributed by atoms with Crippen LogP contribution in [0.1, 0.15) is 96.8 Å². The smallest absolute Gasteiger partial charge is 0.0703 e. The van der Waals surface area contributed by atoms with Crippen LogP contribution in [-0.2, 0) is 0 Å². The van der Waals surface area contributed by atoms with Gasteiger partial charge >= 0.3 is 0 Å². The maximum absolute atomic E-state index is 8.95. The lowest BCUT2D eigenvalue weighted by atomic mass is 10.0. The number of rotatable bonds is 17. The van der Waals surface area contributed by atoms with Gasteiger partial charge in [0, 0.05) is 19.6 Å². The first kappa shape index (κ1) is 22.5. The third-order valence-corrected chi connectivity index (χ3v) is 5.29. The molecule has 0 aliphatic carbocycles. The number of hydrogen-bond acceptors (Lipinski definition) is 3.